The maximum absolute atomic E-state index is 10.0. The van der Waals surface area contributed by atoms with E-state index < -0.39 is 0 Å². The van der Waals surface area contributed by atoms with Crippen LogP contribution < -0.4 is 0 Å². The molecule has 4 heteroatoms. The summed E-state index contributed by atoms with van der Waals surface area (Å²) in [5, 5.41) is 11.1. The van der Waals surface area contributed by atoms with Gasteiger partial charge in [0.1, 0.15) is 10.6 Å². The standard InChI is InChI=1S/C13H19NO2S/c1-16-13(7-2-3-8-13)12-14-9-5-4-6-10(15)11(9)17-12/h10,15H,2-8H2,1H3. The van der Waals surface area contributed by atoms with Crippen LogP contribution in [0.2, 0.25) is 0 Å². The second kappa shape index (κ2) is 4.34. The SMILES string of the molecule is COC1(c2nc3c(s2)C(O)CCC3)CCCC1. The van der Waals surface area contributed by atoms with Crippen LogP contribution in [0.3, 0.4) is 0 Å². The summed E-state index contributed by atoms with van der Waals surface area (Å²) in [6.07, 6.45) is 7.26. The van der Waals surface area contributed by atoms with Crippen molar-refractivity contribution >= 4 is 11.3 Å². The van der Waals surface area contributed by atoms with Gasteiger partial charge >= 0.3 is 0 Å². The van der Waals surface area contributed by atoms with Gasteiger partial charge in [0.05, 0.1) is 16.7 Å². The van der Waals surface area contributed by atoms with Gasteiger partial charge in [0.15, 0.2) is 0 Å². The van der Waals surface area contributed by atoms with Gasteiger partial charge in [0.25, 0.3) is 0 Å². The summed E-state index contributed by atoms with van der Waals surface area (Å²) >= 11 is 1.68. The molecule has 0 aliphatic heterocycles. The second-order valence-electron chi connectivity index (χ2n) is 5.14. The highest BCUT2D eigenvalue weighted by atomic mass is 32.1. The summed E-state index contributed by atoms with van der Waals surface area (Å²) in [6, 6.07) is 0. The number of aliphatic hydroxyl groups excluding tert-OH is 1. The van der Waals surface area contributed by atoms with E-state index in [1.807, 2.05) is 0 Å². The Bertz CT molecular complexity index is 410. The number of aliphatic hydroxyl groups is 1. The maximum atomic E-state index is 10.0. The monoisotopic (exact) mass is 253 g/mol. The number of hydrogen-bond acceptors (Lipinski definition) is 4. The van der Waals surface area contributed by atoms with Crippen LogP contribution in [0, 0.1) is 0 Å². The highest BCUT2D eigenvalue weighted by Gasteiger charge is 2.40. The van der Waals surface area contributed by atoms with Crippen molar-refractivity contribution in [2.75, 3.05) is 7.11 Å². The summed E-state index contributed by atoms with van der Waals surface area (Å²) in [4.78, 5) is 5.85. The zero-order valence-electron chi connectivity index (χ0n) is 10.2. The lowest BCUT2D eigenvalue weighted by atomic mass is 10.00. The van der Waals surface area contributed by atoms with Gasteiger partial charge in [0, 0.05) is 7.11 Å². The molecular weight excluding hydrogens is 234 g/mol. The summed E-state index contributed by atoms with van der Waals surface area (Å²) in [5.41, 5.74) is 0.967. The molecule has 1 aromatic heterocycles. The van der Waals surface area contributed by atoms with Crippen molar-refractivity contribution < 1.29 is 9.84 Å². The quantitative estimate of drug-likeness (QED) is 0.881. The Morgan fingerprint density at radius 1 is 1.35 bits per heavy atom. The van der Waals surface area contributed by atoms with E-state index >= 15 is 0 Å². The van der Waals surface area contributed by atoms with Crippen LogP contribution in [-0.4, -0.2) is 17.2 Å². The van der Waals surface area contributed by atoms with Gasteiger partial charge in [-0.05, 0) is 32.1 Å². The molecule has 0 saturated heterocycles. The molecule has 94 valence electrons. The Morgan fingerprint density at radius 2 is 2.12 bits per heavy atom. The molecule has 0 radical (unpaired) electrons. The Morgan fingerprint density at radius 3 is 2.76 bits per heavy atom. The van der Waals surface area contributed by atoms with Crippen LogP contribution in [0.4, 0.5) is 0 Å². The molecule has 17 heavy (non-hydrogen) atoms. The van der Waals surface area contributed by atoms with Crippen LogP contribution >= 0.6 is 11.3 Å². The largest absolute Gasteiger partial charge is 0.388 e. The average molecular weight is 253 g/mol. The number of hydrogen-bond donors (Lipinski definition) is 1. The van der Waals surface area contributed by atoms with E-state index in [-0.39, 0.29) is 11.7 Å². The number of aryl methyl sites for hydroxylation is 1. The zero-order valence-corrected chi connectivity index (χ0v) is 11.1. The lowest BCUT2D eigenvalue weighted by Crippen LogP contribution is -2.24. The topological polar surface area (TPSA) is 42.4 Å². The van der Waals surface area contributed by atoms with Crippen LogP contribution in [0.1, 0.15) is 60.2 Å². The van der Waals surface area contributed by atoms with E-state index in [9.17, 15) is 5.11 Å². The fraction of sp³-hybridized carbons (Fsp3) is 0.769. The molecule has 1 unspecified atom stereocenters. The number of methoxy groups -OCH3 is 1. The van der Waals surface area contributed by atoms with Gasteiger partial charge in [-0.3, -0.25) is 0 Å². The predicted molar refractivity (Wildman–Crippen MR) is 67.2 cm³/mol. The average Bonchev–Trinajstić information content (AvgIpc) is 2.96. The van der Waals surface area contributed by atoms with E-state index in [0.717, 1.165) is 47.7 Å². The molecule has 1 heterocycles. The molecule has 2 aliphatic carbocycles. The molecule has 1 N–H and O–H groups in total. The zero-order chi connectivity index (χ0) is 11.9. The first kappa shape index (κ1) is 11.6. The number of fused-ring (bicyclic) bond motifs is 1. The predicted octanol–water partition coefficient (Wildman–Crippen LogP) is 2.93. The third-order valence-electron chi connectivity index (χ3n) is 4.11. The van der Waals surface area contributed by atoms with Gasteiger partial charge in [0.2, 0.25) is 0 Å². The number of ether oxygens (including phenoxy) is 1. The van der Waals surface area contributed by atoms with Crippen molar-refractivity contribution in [1.82, 2.24) is 4.98 Å². The van der Waals surface area contributed by atoms with Crippen molar-refractivity contribution in [1.29, 1.82) is 0 Å². The number of rotatable bonds is 2. The Hall–Kier alpha value is -0.450. The van der Waals surface area contributed by atoms with E-state index in [4.69, 9.17) is 9.72 Å². The smallest absolute Gasteiger partial charge is 0.125 e. The molecule has 0 aromatic carbocycles. The lowest BCUT2D eigenvalue weighted by molar-refractivity contribution is -0.00896. The van der Waals surface area contributed by atoms with Gasteiger partial charge in [-0.25, -0.2) is 4.98 Å². The number of thiazole rings is 1. The van der Waals surface area contributed by atoms with Crippen molar-refractivity contribution in [3.63, 3.8) is 0 Å². The third-order valence-corrected chi connectivity index (χ3v) is 5.50. The highest BCUT2D eigenvalue weighted by Crippen LogP contribution is 2.46. The fourth-order valence-electron chi connectivity index (χ4n) is 3.04. The third kappa shape index (κ3) is 1.83. The lowest BCUT2D eigenvalue weighted by Gasteiger charge is -2.24. The van der Waals surface area contributed by atoms with Crippen LogP contribution in [0.5, 0.6) is 0 Å². The minimum absolute atomic E-state index is 0.151. The van der Waals surface area contributed by atoms with Gasteiger partial charge in [-0.1, -0.05) is 12.8 Å². The van der Waals surface area contributed by atoms with Crippen LogP contribution in [0.15, 0.2) is 0 Å². The van der Waals surface area contributed by atoms with E-state index in [1.54, 1.807) is 18.4 Å². The highest BCUT2D eigenvalue weighted by molar-refractivity contribution is 7.12. The Labute approximate surface area is 106 Å². The molecule has 0 spiro atoms. The summed E-state index contributed by atoms with van der Waals surface area (Å²) in [7, 11) is 1.79. The summed E-state index contributed by atoms with van der Waals surface area (Å²) < 4.78 is 5.76. The maximum Gasteiger partial charge on any atom is 0.125 e. The Balaban J connectivity index is 1.98. The normalized spacial score (nSPS) is 27.1. The van der Waals surface area contributed by atoms with Crippen LogP contribution in [-0.2, 0) is 16.8 Å². The molecular formula is C13H19NO2S. The fourth-order valence-corrected chi connectivity index (χ4v) is 4.40. The molecule has 1 aromatic rings. The van der Waals surface area contributed by atoms with Gasteiger partial charge in [-0.15, -0.1) is 11.3 Å². The van der Waals surface area contributed by atoms with Gasteiger partial charge < -0.3 is 9.84 Å². The molecule has 0 amide bonds. The van der Waals surface area contributed by atoms with Crippen molar-refractivity contribution in [2.45, 2.75) is 56.7 Å². The molecule has 0 bridgehead atoms. The van der Waals surface area contributed by atoms with Crippen molar-refractivity contribution in [2.24, 2.45) is 0 Å². The minimum atomic E-state index is -0.291. The first-order valence-electron chi connectivity index (χ1n) is 6.48. The molecule has 3 rings (SSSR count). The molecule has 3 nitrogen and oxygen atoms in total. The van der Waals surface area contributed by atoms with E-state index in [0.29, 0.717) is 0 Å². The van der Waals surface area contributed by atoms with Crippen molar-refractivity contribution in [3.8, 4) is 0 Å². The summed E-state index contributed by atoms with van der Waals surface area (Å²) in [5.74, 6) is 0. The first-order valence-corrected chi connectivity index (χ1v) is 7.30. The Kier molecular flexibility index (Phi) is 2.97. The van der Waals surface area contributed by atoms with Crippen LogP contribution in [0.25, 0.3) is 0 Å². The van der Waals surface area contributed by atoms with E-state index in [1.165, 1.54) is 12.8 Å². The van der Waals surface area contributed by atoms with E-state index in [2.05, 4.69) is 0 Å². The molecule has 2 aliphatic rings. The number of aromatic nitrogens is 1. The minimum Gasteiger partial charge on any atom is -0.388 e. The molecule has 1 saturated carbocycles. The summed E-state index contributed by atoms with van der Waals surface area (Å²) in [6.45, 7) is 0. The number of nitrogens with zero attached hydrogens (tertiary/aromatic N) is 1. The molecule has 1 fully saturated rings. The van der Waals surface area contributed by atoms with Crippen molar-refractivity contribution in [3.05, 3.63) is 15.6 Å². The second-order valence-corrected chi connectivity index (χ2v) is 6.17. The first-order chi connectivity index (χ1) is 8.25. The van der Waals surface area contributed by atoms with Gasteiger partial charge in [-0.2, -0.15) is 0 Å². The molecule has 1 atom stereocenters.